The van der Waals surface area contributed by atoms with Gasteiger partial charge in [-0.25, -0.2) is 9.67 Å². The summed E-state index contributed by atoms with van der Waals surface area (Å²) >= 11 is 0. The second-order valence-corrected chi connectivity index (χ2v) is 7.72. The van der Waals surface area contributed by atoms with E-state index in [0.29, 0.717) is 18.5 Å². The topological polar surface area (TPSA) is 63.3 Å². The first kappa shape index (κ1) is 22.3. The molecule has 30 heavy (non-hydrogen) atoms. The van der Waals surface area contributed by atoms with Crippen LogP contribution in [0.15, 0.2) is 60.2 Å². The summed E-state index contributed by atoms with van der Waals surface area (Å²) < 4.78 is 4.16. The first-order valence-electron chi connectivity index (χ1n) is 10.2. The Bertz CT molecular complexity index is 964. The summed E-state index contributed by atoms with van der Waals surface area (Å²) in [5.41, 5.74) is 3.29. The Balaban J connectivity index is 0.00000256. The van der Waals surface area contributed by atoms with Gasteiger partial charge in [-0.3, -0.25) is 4.99 Å². The van der Waals surface area contributed by atoms with Crippen LogP contribution in [0.4, 0.5) is 0 Å². The number of benzene rings is 1. The van der Waals surface area contributed by atoms with E-state index in [0.717, 1.165) is 36.9 Å². The fourth-order valence-corrected chi connectivity index (χ4v) is 4.03. The third-order valence-electron chi connectivity index (χ3n) is 5.74. The SMILES string of the molecule is CN=C(NCc1ccccc1-n1ccc(C)n1)N1CCC(C)C(n2ccnc2)C1.I. The van der Waals surface area contributed by atoms with Crippen molar-refractivity contribution in [2.24, 2.45) is 10.9 Å². The highest BCUT2D eigenvalue weighted by Crippen LogP contribution is 2.27. The lowest BCUT2D eigenvalue weighted by Gasteiger charge is -2.39. The number of rotatable bonds is 4. The summed E-state index contributed by atoms with van der Waals surface area (Å²) in [5, 5.41) is 8.13. The smallest absolute Gasteiger partial charge is 0.193 e. The van der Waals surface area contributed by atoms with Crippen molar-refractivity contribution in [2.75, 3.05) is 20.1 Å². The monoisotopic (exact) mass is 519 g/mol. The van der Waals surface area contributed by atoms with Gasteiger partial charge in [0.15, 0.2) is 5.96 Å². The van der Waals surface area contributed by atoms with Crippen molar-refractivity contribution in [1.82, 2.24) is 29.5 Å². The van der Waals surface area contributed by atoms with Crippen LogP contribution in [0.1, 0.15) is 30.6 Å². The molecule has 0 aliphatic carbocycles. The van der Waals surface area contributed by atoms with Crippen molar-refractivity contribution < 1.29 is 0 Å². The van der Waals surface area contributed by atoms with E-state index < -0.39 is 0 Å². The Morgan fingerprint density at radius 1 is 1.23 bits per heavy atom. The lowest BCUT2D eigenvalue weighted by atomic mass is 9.93. The second-order valence-electron chi connectivity index (χ2n) is 7.72. The molecule has 3 aromatic rings. The van der Waals surface area contributed by atoms with Crippen molar-refractivity contribution in [3.8, 4) is 5.69 Å². The van der Waals surface area contributed by atoms with Crippen LogP contribution in [0, 0.1) is 12.8 Å². The molecule has 7 nitrogen and oxygen atoms in total. The molecule has 1 fully saturated rings. The van der Waals surface area contributed by atoms with Gasteiger partial charge in [-0.2, -0.15) is 5.10 Å². The Hall–Kier alpha value is -2.36. The molecule has 2 unspecified atom stereocenters. The Morgan fingerprint density at radius 2 is 2.07 bits per heavy atom. The molecule has 4 rings (SSSR count). The van der Waals surface area contributed by atoms with Crippen LogP contribution in [0.5, 0.6) is 0 Å². The van der Waals surface area contributed by atoms with Gasteiger partial charge in [0.1, 0.15) is 0 Å². The number of aryl methyl sites for hydroxylation is 1. The Kier molecular flexibility index (Phi) is 7.52. The van der Waals surface area contributed by atoms with Gasteiger partial charge in [0.2, 0.25) is 0 Å². The maximum atomic E-state index is 4.56. The molecule has 160 valence electrons. The number of imidazole rings is 1. The molecule has 3 heterocycles. The number of para-hydroxylation sites is 1. The number of aromatic nitrogens is 4. The van der Waals surface area contributed by atoms with Crippen molar-refractivity contribution >= 4 is 29.9 Å². The number of hydrogen-bond donors (Lipinski definition) is 1. The van der Waals surface area contributed by atoms with Gasteiger partial charge in [-0.15, -0.1) is 24.0 Å². The lowest BCUT2D eigenvalue weighted by molar-refractivity contribution is 0.189. The highest BCUT2D eigenvalue weighted by atomic mass is 127. The van der Waals surface area contributed by atoms with Gasteiger partial charge in [-0.1, -0.05) is 25.1 Å². The molecule has 1 aromatic carbocycles. The van der Waals surface area contributed by atoms with Gasteiger partial charge < -0.3 is 14.8 Å². The van der Waals surface area contributed by atoms with Gasteiger partial charge in [0.25, 0.3) is 0 Å². The highest BCUT2D eigenvalue weighted by molar-refractivity contribution is 14.0. The second kappa shape index (κ2) is 10.1. The minimum absolute atomic E-state index is 0. The number of likely N-dealkylation sites (tertiary alicyclic amines) is 1. The maximum absolute atomic E-state index is 4.56. The molecule has 0 radical (unpaired) electrons. The van der Waals surface area contributed by atoms with E-state index in [-0.39, 0.29) is 24.0 Å². The minimum Gasteiger partial charge on any atom is -0.352 e. The number of hydrogen-bond acceptors (Lipinski definition) is 3. The minimum atomic E-state index is 0. The highest BCUT2D eigenvalue weighted by Gasteiger charge is 2.28. The van der Waals surface area contributed by atoms with Crippen molar-refractivity contribution in [2.45, 2.75) is 32.9 Å². The van der Waals surface area contributed by atoms with Gasteiger partial charge >= 0.3 is 0 Å². The van der Waals surface area contributed by atoms with Crippen LogP contribution in [-0.4, -0.2) is 50.3 Å². The van der Waals surface area contributed by atoms with E-state index in [1.807, 2.05) is 49.5 Å². The molecule has 0 spiro atoms. The molecule has 1 aliphatic heterocycles. The number of guanidine groups is 1. The molecule has 0 amide bonds. The number of nitrogens with one attached hydrogen (secondary N) is 1. The molecular formula is C22H30IN7. The summed E-state index contributed by atoms with van der Waals surface area (Å²) in [4.78, 5) is 11.1. The van der Waals surface area contributed by atoms with Gasteiger partial charge in [0.05, 0.1) is 23.8 Å². The molecule has 1 saturated heterocycles. The van der Waals surface area contributed by atoms with Gasteiger partial charge in [-0.05, 0) is 37.0 Å². The average molecular weight is 519 g/mol. The number of halogens is 1. The van der Waals surface area contributed by atoms with E-state index in [2.05, 4.69) is 61.2 Å². The van der Waals surface area contributed by atoms with Crippen LogP contribution in [-0.2, 0) is 6.54 Å². The maximum Gasteiger partial charge on any atom is 0.193 e. The van der Waals surface area contributed by atoms with Crippen LogP contribution >= 0.6 is 24.0 Å². The Morgan fingerprint density at radius 3 is 2.77 bits per heavy atom. The zero-order valence-electron chi connectivity index (χ0n) is 17.8. The predicted molar refractivity (Wildman–Crippen MR) is 131 cm³/mol. The molecular weight excluding hydrogens is 489 g/mol. The quantitative estimate of drug-likeness (QED) is 0.325. The third kappa shape index (κ3) is 4.85. The third-order valence-corrected chi connectivity index (χ3v) is 5.74. The first-order valence-corrected chi connectivity index (χ1v) is 10.2. The van der Waals surface area contributed by atoms with E-state index in [4.69, 9.17) is 0 Å². The zero-order valence-corrected chi connectivity index (χ0v) is 20.1. The first-order chi connectivity index (χ1) is 14.2. The normalized spacial score (nSPS) is 19.4. The van der Waals surface area contributed by atoms with E-state index in [1.54, 1.807) is 0 Å². The molecule has 1 N–H and O–H groups in total. The molecule has 0 bridgehead atoms. The summed E-state index contributed by atoms with van der Waals surface area (Å²) in [5.74, 6) is 1.55. The van der Waals surface area contributed by atoms with E-state index >= 15 is 0 Å². The van der Waals surface area contributed by atoms with Crippen LogP contribution in [0.3, 0.4) is 0 Å². The molecule has 2 aromatic heterocycles. The summed E-state index contributed by atoms with van der Waals surface area (Å²) in [6, 6.07) is 10.8. The summed E-state index contributed by atoms with van der Waals surface area (Å²) in [6.07, 6.45) is 8.97. The molecule has 8 heteroatoms. The number of aliphatic imine (C=N–C) groups is 1. The largest absolute Gasteiger partial charge is 0.352 e. The number of piperidine rings is 1. The zero-order chi connectivity index (χ0) is 20.2. The standard InChI is InChI=1S/C22H29N7.HI/c1-17-8-11-27(15-21(17)28-13-10-24-16-28)22(23-3)25-14-19-6-4-5-7-20(19)29-12-9-18(2)26-29;/h4-7,9-10,12-13,16-17,21H,8,11,14-15H2,1-3H3,(H,23,25);1H. The van der Waals surface area contributed by atoms with Crippen LogP contribution in [0.25, 0.3) is 5.69 Å². The fourth-order valence-electron chi connectivity index (χ4n) is 4.03. The fraction of sp³-hybridized carbons (Fsp3) is 0.409. The lowest BCUT2D eigenvalue weighted by Crippen LogP contribution is -2.48. The van der Waals surface area contributed by atoms with Crippen molar-refractivity contribution in [1.29, 1.82) is 0 Å². The van der Waals surface area contributed by atoms with Crippen LogP contribution in [0.2, 0.25) is 0 Å². The number of nitrogens with zero attached hydrogens (tertiary/aromatic N) is 6. The van der Waals surface area contributed by atoms with Gasteiger partial charge in [0, 0.05) is 45.3 Å². The summed E-state index contributed by atoms with van der Waals surface area (Å²) in [7, 11) is 1.86. The Labute approximate surface area is 195 Å². The molecule has 0 saturated carbocycles. The van der Waals surface area contributed by atoms with Crippen molar-refractivity contribution in [3.05, 3.63) is 66.5 Å². The molecule has 1 aliphatic rings. The van der Waals surface area contributed by atoms with E-state index in [9.17, 15) is 0 Å². The predicted octanol–water partition coefficient (Wildman–Crippen LogP) is 3.65. The van der Waals surface area contributed by atoms with Crippen LogP contribution < -0.4 is 5.32 Å². The molecule has 2 atom stereocenters. The van der Waals surface area contributed by atoms with Crippen molar-refractivity contribution in [3.63, 3.8) is 0 Å². The average Bonchev–Trinajstić information content (AvgIpc) is 3.42. The van der Waals surface area contributed by atoms with E-state index in [1.165, 1.54) is 5.56 Å². The summed E-state index contributed by atoms with van der Waals surface area (Å²) in [6.45, 7) is 6.96.